The van der Waals surface area contributed by atoms with E-state index >= 15 is 0 Å². The lowest BCUT2D eigenvalue weighted by molar-refractivity contribution is -0.296. The van der Waals surface area contributed by atoms with Gasteiger partial charge in [0.05, 0.1) is 18.8 Å². The summed E-state index contributed by atoms with van der Waals surface area (Å²) >= 11 is 0. The van der Waals surface area contributed by atoms with Crippen LogP contribution >= 0.6 is 0 Å². The van der Waals surface area contributed by atoms with Gasteiger partial charge in [-0.1, -0.05) is 18.2 Å². The number of benzene rings is 1. The summed E-state index contributed by atoms with van der Waals surface area (Å²) in [6.45, 7) is 1.54. The molecule has 5 heteroatoms. The van der Waals surface area contributed by atoms with Gasteiger partial charge >= 0.3 is 11.9 Å². The van der Waals surface area contributed by atoms with E-state index in [2.05, 4.69) is 0 Å². The number of esters is 1. The molecule has 2 unspecified atom stereocenters. The second kappa shape index (κ2) is 4.83. The first-order valence-electron chi connectivity index (χ1n) is 5.34. The number of hydrogen-bond acceptors (Lipinski definition) is 5. The van der Waals surface area contributed by atoms with E-state index in [-0.39, 0.29) is 13.2 Å². The topological polar surface area (TPSA) is 65.0 Å². The zero-order valence-corrected chi connectivity index (χ0v) is 9.46. The molecular weight excluding hydrogens is 224 g/mol. The van der Waals surface area contributed by atoms with Gasteiger partial charge in [-0.05, 0) is 12.1 Å². The van der Waals surface area contributed by atoms with E-state index in [1.807, 2.05) is 6.07 Å². The fourth-order valence-corrected chi connectivity index (χ4v) is 1.56. The standard InChI is InChI=1S/C12H14O5/c1-12(15-8-10(7-13)16-12)17-11(14)9-5-3-2-4-6-9/h2-6,10,13H,7-8H2,1H3. The van der Waals surface area contributed by atoms with Crippen LogP contribution in [0, 0.1) is 0 Å². The third-order valence-electron chi connectivity index (χ3n) is 2.40. The summed E-state index contributed by atoms with van der Waals surface area (Å²) in [5.74, 6) is -1.94. The Kier molecular flexibility index (Phi) is 3.42. The summed E-state index contributed by atoms with van der Waals surface area (Å²) in [6, 6.07) is 8.58. The first-order chi connectivity index (χ1) is 8.13. The van der Waals surface area contributed by atoms with Crippen molar-refractivity contribution in [2.24, 2.45) is 0 Å². The highest BCUT2D eigenvalue weighted by molar-refractivity contribution is 5.89. The fourth-order valence-electron chi connectivity index (χ4n) is 1.56. The summed E-state index contributed by atoms with van der Waals surface area (Å²) in [5.41, 5.74) is 0.424. The van der Waals surface area contributed by atoms with Crippen molar-refractivity contribution in [2.75, 3.05) is 13.2 Å². The molecule has 1 fully saturated rings. The van der Waals surface area contributed by atoms with E-state index < -0.39 is 18.0 Å². The van der Waals surface area contributed by atoms with Gasteiger partial charge in [0.25, 0.3) is 0 Å². The minimum Gasteiger partial charge on any atom is -0.404 e. The molecule has 1 aromatic carbocycles. The summed E-state index contributed by atoms with van der Waals surface area (Å²) in [4.78, 5) is 11.8. The molecule has 2 rings (SSSR count). The predicted molar refractivity (Wildman–Crippen MR) is 58.2 cm³/mol. The molecule has 0 spiro atoms. The lowest BCUT2D eigenvalue weighted by Crippen LogP contribution is -2.33. The largest absolute Gasteiger partial charge is 0.404 e. The van der Waals surface area contributed by atoms with Crippen molar-refractivity contribution in [3.8, 4) is 0 Å². The summed E-state index contributed by atoms with van der Waals surface area (Å²) in [5, 5.41) is 8.90. The van der Waals surface area contributed by atoms with E-state index in [1.165, 1.54) is 6.92 Å². The van der Waals surface area contributed by atoms with Crippen LogP contribution in [-0.4, -0.2) is 36.4 Å². The monoisotopic (exact) mass is 238 g/mol. The molecular formula is C12H14O5. The Balaban J connectivity index is 2.00. The number of hydrogen-bond donors (Lipinski definition) is 1. The zero-order valence-electron chi connectivity index (χ0n) is 9.46. The molecule has 0 saturated carbocycles. The Morgan fingerprint density at radius 2 is 2.24 bits per heavy atom. The minimum atomic E-state index is -1.42. The van der Waals surface area contributed by atoms with Crippen LogP contribution in [0.25, 0.3) is 0 Å². The van der Waals surface area contributed by atoms with Crippen LogP contribution in [0.15, 0.2) is 30.3 Å². The molecule has 92 valence electrons. The van der Waals surface area contributed by atoms with Crippen LogP contribution in [0.1, 0.15) is 17.3 Å². The summed E-state index contributed by atoms with van der Waals surface area (Å²) < 4.78 is 15.6. The van der Waals surface area contributed by atoms with Crippen molar-refractivity contribution in [1.29, 1.82) is 0 Å². The molecule has 1 aromatic rings. The van der Waals surface area contributed by atoms with Crippen LogP contribution in [0.3, 0.4) is 0 Å². The normalized spacial score (nSPS) is 28.0. The van der Waals surface area contributed by atoms with Crippen molar-refractivity contribution in [3.63, 3.8) is 0 Å². The maximum Gasteiger partial charge on any atom is 0.342 e. The number of rotatable bonds is 3. The van der Waals surface area contributed by atoms with Crippen molar-refractivity contribution in [1.82, 2.24) is 0 Å². The molecule has 1 saturated heterocycles. The molecule has 0 radical (unpaired) electrons. The predicted octanol–water partition coefficient (Wildman–Crippen LogP) is 0.925. The van der Waals surface area contributed by atoms with Gasteiger partial charge in [0.1, 0.15) is 6.10 Å². The highest BCUT2D eigenvalue weighted by Gasteiger charge is 2.41. The quantitative estimate of drug-likeness (QED) is 0.793. The molecule has 1 aliphatic heterocycles. The SMILES string of the molecule is CC1(OC(=O)c2ccccc2)OCC(CO)O1. The number of aliphatic hydroxyl groups is 1. The molecule has 1 aliphatic rings. The van der Waals surface area contributed by atoms with E-state index in [1.54, 1.807) is 24.3 Å². The Hall–Kier alpha value is -1.43. The molecule has 1 heterocycles. The highest BCUT2D eigenvalue weighted by atomic mass is 16.9. The van der Waals surface area contributed by atoms with Crippen molar-refractivity contribution in [3.05, 3.63) is 35.9 Å². The minimum absolute atomic E-state index is 0.168. The van der Waals surface area contributed by atoms with Crippen molar-refractivity contribution < 1.29 is 24.1 Å². The molecule has 0 aliphatic carbocycles. The van der Waals surface area contributed by atoms with Gasteiger partial charge in [-0.2, -0.15) is 0 Å². The van der Waals surface area contributed by atoms with Crippen LogP contribution in [0.5, 0.6) is 0 Å². The summed E-state index contributed by atoms with van der Waals surface area (Å²) in [7, 11) is 0. The third-order valence-corrected chi connectivity index (χ3v) is 2.40. The second-order valence-electron chi connectivity index (χ2n) is 3.85. The fraction of sp³-hybridized carbons (Fsp3) is 0.417. The van der Waals surface area contributed by atoms with Crippen molar-refractivity contribution in [2.45, 2.75) is 19.0 Å². The highest BCUT2D eigenvalue weighted by Crippen LogP contribution is 2.25. The number of aliphatic hydroxyl groups excluding tert-OH is 1. The number of ether oxygens (including phenoxy) is 3. The molecule has 5 nitrogen and oxygen atoms in total. The van der Waals surface area contributed by atoms with Gasteiger partial charge in [-0.3, -0.25) is 0 Å². The second-order valence-corrected chi connectivity index (χ2v) is 3.85. The lowest BCUT2D eigenvalue weighted by atomic mass is 10.2. The Bertz CT molecular complexity index is 391. The van der Waals surface area contributed by atoms with Gasteiger partial charge in [0.2, 0.25) is 0 Å². The molecule has 0 aromatic heterocycles. The number of carbonyl (C=O) groups is 1. The molecule has 0 bridgehead atoms. The van der Waals surface area contributed by atoms with Crippen LogP contribution in [0.2, 0.25) is 0 Å². The summed E-state index contributed by atoms with van der Waals surface area (Å²) in [6.07, 6.45) is -0.455. The van der Waals surface area contributed by atoms with Crippen LogP contribution in [0.4, 0.5) is 0 Å². The lowest BCUT2D eigenvalue weighted by Gasteiger charge is -2.22. The molecule has 1 N–H and O–H groups in total. The van der Waals surface area contributed by atoms with Gasteiger partial charge in [0.15, 0.2) is 0 Å². The Morgan fingerprint density at radius 3 is 2.82 bits per heavy atom. The Labute approximate surface area is 98.9 Å². The third kappa shape index (κ3) is 2.82. The number of carbonyl (C=O) groups excluding carboxylic acids is 1. The van der Waals surface area contributed by atoms with Gasteiger partial charge in [-0.15, -0.1) is 0 Å². The van der Waals surface area contributed by atoms with Crippen molar-refractivity contribution >= 4 is 5.97 Å². The van der Waals surface area contributed by atoms with E-state index in [0.717, 1.165) is 0 Å². The maximum absolute atomic E-state index is 11.8. The van der Waals surface area contributed by atoms with Gasteiger partial charge < -0.3 is 19.3 Å². The van der Waals surface area contributed by atoms with E-state index in [0.29, 0.717) is 5.56 Å². The average molecular weight is 238 g/mol. The first-order valence-corrected chi connectivity index (χ1v) is 5.34. The molecule has 0 amide bonds. The van der Waals surface area contributed by atoms with Crippen LogP contribution < -0.4 is 0 Å². The zero-order chi connectivity index (χ0) is 12.3. The van der Waals surface area contributed by atoms with E-state index in [9.17, 15) is 4.79 Å². The van der Waals surface area contributed by atoms with E-state index in [4.69, 9.17) is 19.3 Å². The average Bonchev–Trinajstić information content (AvgIpc) is 2.72. The van der Waals surface area contributed by atoms with Gasteiger partial charge in [0, 0.05) is 6.92 Å². The first kappa shape index (κ1) is 12.0. The maximum atomic E-state index is 11.8. The van der Waals surface area contributed by atoms with Crippen LogP contribution in [-0.2, 0) is 14.2 Å². The Morgan fingerprint density at radius 1 is 1.53 bits per heavy atom. The molecule has 2 atom stereocenters. The molecule has 17 heavy (non-hydrogen) atoms. The smallest absolute Gasteiger partial charge is 0.342 e. The van der Waals surface area contributed by atoms with Gasteiger partial charge in [-0.25, -0.2) is 4.79 Å².